The predicted molar refractivity (Wildman–Crippen MR) is 84.2 cm³/mol. The molecule has 0 aromatic heterocycles. The quantitative estimate of drug-likeness (QED) is 0.869. The van der Waals surface area contributed by atoms with Crippen LogP contribution in [0.2, 0.25) is 5.02 Å². The van der Waals surface area contributed by atoms with Gasteiger partial charge in [-0.1, -0.05) is 23.7 Å². The molecule has 1 aliphatic rings. The summed E-state index contributed by atoms with van der Waals surface area (Å²) >= 11 is 5.96. The normalized spacial score (nSPS) is 18.0. The Balaban J connectivity index is 0.00000220. The van der Waals surface area contributed by atoms with Gasteiger partial charge in [-0.15, -0.1) is 12.4 Å². The lowest BCUT2D eigenvalue weighted by Crippen LogP contribution is -2.37. The second-order valence-electron chi connectivity index (χ2n) is 4.81. The number of carboxylic acid groups (broad SMARTS) is 1. The van der Waals surface area contributed by atoms with E-state index in [-0.39, 0.29) is 24.7 Å². The molecule has 1 amide bonds. The van der Waals surface area contributed by atoms with E-state index in [1.54, 1.807) is 24.3 Å². The lowest BCUT2D eigenvalue weighted by Gasteiger charge is -2.20. The number of benzene rings is 1. The molecule has 0 spiro atoms. The van der Waals surface area contributed by atoms with E-state index in [2.05, 4.69) is 5.32 Å². The second kappa shape index (κ2) is 8.22. The number of rotatable bonds is 5. The van der Waals surface area contributed by atoms with Gasteiger partial charge in [-0.05, 0) is 31.5 Å². The summed E-state index contributed by atoms with van der Waals surface area (Å²) in [7, 11) is 0. The summed E-state index contributed by atoms with van der Waals surface area (Å²) < 4.78 is 0. The average Bonchev–Trinajstić information content (AvgIpc) is 2.88. The van der Waals surface area contributed by atoms with E-state index >= 15 is 0 Å². The molecule has 0 bridgehead atoms. The number of carbonyl (C=O) groups is 2. The van der Waals surface area contributed by atoms with Crippen LogP contribution in [0.15, 0.2) is 24.3 Å². The highest BCUT2D eigenvalue weighted by atomic mass is 35.5. The largest absolute Gasteiger partial charge is 0.480 e. The van der Waals surface area contributed by atoms with Crippen molar-refractivity contribution in [2.45, 2.75) is 25.3 Å². The van der Waals surface area contributed by atoms with Crippen LogP contribution in [-0.2, 0) is 9.59 Å². The highest BCUT2D eigenvalue weighted by Gasteiger charge is 2.30. The SMILES string of the molecule is Cl.O=C(CCN1CCC[C@H]1C(=O)O)Nc1ccccc1Cl. The van der Waals surface area contributed by atoms with Gasteiger partial charge in [0, 0.05) is 13.0 Å². The van der Waals surface area contributed by atoms with Gasteiger partial charge < -0.3 is 10.4 Å². The number of nitrogens with one attached hydrogen (secondary N) is 1. The first kappa shape index (κ1) is 17.8. The van der Waals surface area contributed by atoms with Crippen LogP contribution in [0.5, 0.6) is 0 Å². The Labute approximate surface area is 134 Å². The van der Waals surface area contributed by atoms with Crippen LogP contribution < -0.4 is 5.32 Å². The summed E-state index contributed by atoms with van der Waals surface area (Å²) in [4.78, 5) is 24.7. The summed E-state index contributed by atoms with van der Waals surface area (Å²) in [6.07, 6.45) is 1.78. The van der Waals surface area contributed by atoms with Crippen molar-refractivity contribution in [2.75, 3.05) is 18.4 Å². The molecule has 2 N–H and O–H groups in total. The monoisotopic (exact) mass is 332 g/mol. The van der Waals surface area contributed by atoms with Crippen molar-refractivity contribution < 1.29 is 14.7 Å². The van der Waals surface area contributed by atoms with E-state index in [9.17, 15) is 9.59 Å². The van der Waals surface area contributed by atoms with Crippen LogP contribution in [0.25, 0.3) is 0 Å². The number of para-hydroxylation sites is 1. The number of hydrogen-bond donors (Lipinski definition) is 2. The first-order valence-electron chi connectivity index (χ1n) is 6.59. The minimum atomic E-state index is -0.811. The summed E-state index contributed by atoms with van der Waals surface area (Å²) in [6, 6.07) is 6.57. The molecule has 0 aliphatic carbocycles. The Bertz CT molecular complexity index is 511. The lowest BCUT2D eigenvalue weighted by molar-refractivity contribution is -0.142. The van der Waals surface area contributed by atoms with E-state index in [0.29, 0.717) is 23.7 Å². The van der Waals surface area contributed by atoms with Gasteiger partial charge in [-0.2, -0.15) is 0 Å². The zero-order valence-corrected chi connectivity index (χ0v) is 13.0. The Morgan fingerprint density at radius 2 is 2.10 bits per heavy atom. The Morgan fingerprint density at radius 3 is 2.76 bits per heavy atom. The minimum Gasteiger partial charge on any atom is -0.480 e. The molecule has 1 heterocycles. The molecule has 0 unspecified atom stereocenters. The number of hydrogen-bond acceptors (Lipinski definition) is 3. The average molecular weight is 333 g/mol. The van der Waals surface area contributed by atoms with Gasteiger partial charge in [0.1, 0.15) is 6.04 Å². The van der Waals surface area contributed by atoms with Crippen LogP contribution in [0.1, 0.15) is 19.3 Å². The molecule has 1 saturated heterocycles. The standard InChI is InChI=1S/C14H17ClN2O3.ClH/c15-10-4-1-2-5-11(10)16-13(18)7-9-17-8-3-6-12(17)14(19)20;/h1-2,4-5,12H,3,6-9H2,(H,16,18)(H,19,20);1H/t12-;/m0./s1. The van der Waals surface area contributed by atoms with Crippen LogP contribution in [0, 0.1) is 0 Å². The van der Waals surface area contributed by atoms with Crippen LogP contribution in [-0.4, -0.2) is 41.0 Å². The summed E-state index contributed by atoms with van der Waals surface area (Å²) in [5, 5.41) is 12.3. The highest BCUT2D eigenvalue weighted by Crippen LogP contribution is 2.21. The van der Waals surface area contributed by atoms with Gasteiger partial charge in [0.15, 0.2) is 0 Å². The van der Waals surface area contributed by atoms with E-state index in [1.165, 1.54) is 0 Å². The lowest BCUT2D eigenvalue weighted by atomic mass is 10.2. The highest BCUT2D eigenvalue weighted by molar-refractivity contribution is 6.33. The maximum absolute atomic E-state index is 11.9. The van der Waals surface area contributed by atoms with Crippen LogP contribution >= 0.6 is 24.0 Å². The fourth-order valence-electron chi connectivity index (χ4n) is 2.39. The molecule has 1 aliphatic heterocycles. The zero-order valence-electron chi connectivity index (χ0n) is 11.4. The van der Waals surface area contributed by atoms with E-state index in [1.807, 2.05) is 4.90 Å². The van der Waals surface area contributed by atoms with Gasteiger partial charge in [0.25, 0.3) is 0 Å². The summed E-state index contributed by atoms with van der Waals surface area (Å²) in [5.41, 5.74) is 0.579. The third kappa shape index (κ3) is 4.88. The van der Waals surface area contributed by atoms with Crippen molar-refractivity contribution in [3.8, 4) is 0 Å². The van der Waals surface area contributed by atoms with E-state index in [4.69, 9.17) is 16.7 Å². The number of carboxylic acids is 1. The van der Waals surface area contributed by atoms with Crippen molar-refractivity contribution >= 4 is 41.6 Å². The molecule has 0 radical (unpaired) electrons. The minimum absolute atomic E-state index is 0. The van der Waals surface area contributed by atoms with Crippen LogP contribution in [0.3, 0.4) is 0 Å². The Hall–Kier alpha value is -1.30. The number of likely N-dealkylation sites (tertiary alicyclic amines) is 1. The molecule has 1 aromatic rings. The first-order valence-corrected chi connectivity index (χ1v) is 6.97. The van der Waals surface area contributed by atoms with E-state index in [0.717, 1.165) is 13.0 Å². The van der Waals surface area contributed by atoms with Crippen molar-refractivity contribution in [2.24, 2.45) is 0 Å². The summed E-state index contributed by atoms with van der Waals surface area (Å²) in [6.45, 7) is 1.18. The number of nitrogens with zero attached hydrogens (tertiary/aromatic N) is 1. The van der Waals surface area contributed by atoms with Gasteiger partial charge in [-0.3, -0.25) is 14.5 Å². The molecular formula is C14H18Cl2N2O3. The van der Waals surface area contributed by atoms with E-state index < -0.39 is 12.0 Å². The number of anilines is 1. The maximum atomic E-state index is 11.9. The molecule has 2 rings (SSSR count). The van der Waals surface area contributed by atoms with Gasteiger partial charge in [0.05, 0.1) is 10.7 Å². The molecule has 1 atom stereocenters. The number of halogens is 2. The van der Waals surface area contributed by atoms with Crippen molar-refractivity contribution in [3.63, 3.8) is 0 Å². The Kier molecular flexibility index (Phi) is 6.95. The molecule has 0 saturated carbocycles. The molecule has 1 fully saturated rings. The molecule has 21 heavy (non-hydrogen) atoms. The molecule has 7 heteroatoms. The first-order chi connectivity index (χ1) is 9.58. The fourth-order valence-corrected chi connectivity index (χ4v) is 2.58. The fraction of sp³-hybridized carbons (Fsp3) is 0.429. The molecule has 116 valence electrons. The second-order valence-corrected chi connectivity index (χ2v) is 5.22. The molecule has 1 aromatic carbocycles. The van der Waals surface area contributed by atoms with Crippen molar-refractivity contribution in [1.29, 1.82) is 0 Å². The molecular weight excluding hydrogens is 315 g/mol. The third-order valence-corrected chi connectivity index (χ3v) is 3.75. The smallest absolute Gasteiger partial charge is 0.320 e. The number of carbonyl (C=O) groups excluding carboxylic acids is 1. The third-order valence-electron chi connectivity index (χ3n) is 3.42. The summed E-state index contributed by atoms with van der Waals surface area (Å²) in [5.74, 6) is -0.969. The van der Waals surface area contributed by atoms with Crippen molar-refractivity contribution in [1.82, 2.24) is 4.90 Å². The number of amides is 1. The van der Waals surface area contributed by atoms with Gasteiger partial charge in [-0.25, -0.2) is 0 Å². The topological polar surface area (TPSA) is 69.6 Å². The van der Waals surface area contributed by atoms with Crippen LogP contribution in [0.4, 0.5) is 5.69 Å². The number of aliphatic carboxylic acids is 1. The zero-order chi connectivity index (χ0) is 14.5. The van der Waals surface area contributed by atoms with Gasteiger partial charge in [0.2, 0.25) is 5.91 Å². The maximum Gasteiger partial charge on any atom is 0.320 e. The van der Waals surface area contributed by atoms with Crippen molar-refractivity contribution in [3.05, 3.63) is 29.3 Å². The molecule has 5 nitrogen and oxygen atoms in total. The Morgan fingerprint density at radius 1 is 1.38 bits per heavy atom. The predicted octanol–water partition coefficient (Wildman–Crippen LogP) is 2.64. The van der Waals surface area contributed by atoms with Gasteiger partial charge >= 0.3 is 5.97 Å².